The van der Waals surface area contributed by atoms with Crippen LogP contribution in [0.4, 0.5) is 5.82 Å². The topological polar surface area (TPSA) is 33.2 Å². The number of fused-ring (bicyclic) bond motifs is 1. The Morgan fingerprint density at radius 2 is 1.95 bits per heavy atom. The zero-order chi connectivity index (χ0) is 14.8. The summed E-state index contributed by atoms with van der Waals surface area (Å²) in [6, 6.07) is 14.9. The Kier molecular flexibility index (Phi) is 3.90. The molecule has 1 aromatic heterocycles. The fourth-order valence-corrected chi connectivity index (χ4v) is 3.37. The number of benzene rings is 2. The lowest BCUT2D eigenvalue weighted by atomic mass is 10.2. The second kappa shape index (κ2) is 5.84. The number of carbonyl (C=O) groups is 1. The second-order valence-corrected chi connectivity index (χ2v) is 5.75. The summed E-state index contributed by atoms with van der Waals surface area (Å²) in [6.07, 6.45) is 0. The van der Waals surface area contributed by atoms with Gasteiger partial charge in [0.15, 0.2) is 5.82 Å². The Morgan fingerprint density at radius 3 is 2.67 bits per heavy atom. The zero-order valence-corrected chi connectivity index (χ0v) is 13.0. The molecule has 0 aliphatic heterocycles. The van der Waals surface area contributed by atoms with E-state index in [1.165, 1.54) is 11.5 Å². The van der Waals surface area contributed by atoms with Crippen LogP contribution in [0.2, 0.25) is 5.02 Å². The minimum Gasteiger partial charge on any atom is -0.292 e. The average Bonchev–Trinajstić information content (AvgIpc) is 2.94. The first-order valence-corrected chi connectivity index (χ1v) is 7.78. The summed E-state index contributed by atoms with van der Waals surface area (Å²) in [5.41, 5.74) is 0.646. The molecule has 0 unspecified atom stereocenters. The highest BCUT2D eigenvalue weighted by atomic mass is 35.5. The molecule has 1 heterocycles. The van der Waals surface area contributed by atoms with Gasteiger partial charge in [0, 0.05) is 12.1 Å². The van der Waals surface area contributed by atoms with Crippen molar-refractivity contribution in [3.8, 4) is 0 Å². The van der Waals surface area contributed by atoms with Gasteiger partial charge in [0.1, 0.15) is 0 Å². The van der Waals surface area contributed by atoms with Crippen LogP contribution in [0.1, 0.15) is 17.3 Å². The third-order valence-corrected chi connectivity index (χ3v) is 4.38. The molecule has 0 bridgehead atoms. The van der Waals surface area contributed by atoms with Crippen molar-refractivity contribution in [2.75, 3.05) is 11.4 Å². The van der Waals surface area contributed by atoms with Crippen molar-refractivity contribution < 1.29 is 4.79 Å². The van der Waals surface area contributed by atoms with E-state index in [1.54, 1.807) is 17.0 Å². The standard InChI is InChI=1S/C16H13ClN2OS/c1-2-19(16(20)11-7-4-3-5-8-11)15-14-12(17)9-6-10-13(14)21-18-15/h3-10H,2H2,1H3. The number of amides is 1. The Labute approximate surface area is 131 Å². The predicted molar refractivity (Wildman–Crippen MR) is 88.4 cm³/mol. The summed E-state index contributed by atoms with van der Waals surface area (Å²) >= 11 is 7.64. The van der Waals surface area contributed by atoms with Crippen molar-refractivity contribution in [1.29, 1.82) is 0 Å². The van der Waals surface area contributed by atoms with Crippen LogP contribution in [0.3, 0.4) is 0 Å². The van der Waals surface area contributed by atoms with Gasteiger partial charge < -0.3 is 0 Å². The molecule has 21 heavy (non-hydrogen) atoms. The van der Waals surface area contributed by atoms with Gasteiger partial charge in [-0.15, -0.1) is 0 Å². The molecular weight excluding hydrogens is 304 g/mol. The molecule has 0 aliphatic rings. The number of nitrogens with zero attached hydrogens (tertiary/aromatic N) is 2. The van der Waals surface area contributed by atoms with Gasteiger partial charge in [0.25, 0.3) is 5.91 Å². The Morgan fingerprint density at radius 1 is 1.19 bits per heavy atom. The molecule has 0 saturated carbocycles. The van der Waals surface area contributed by atoms with Crippen molar-refractivity contribution in [3.05, 3.63) is 59.1 Å². The first-order valence-electron chi connectivity index (χ1n) is 6.63. The average molecular weight is 317 g/mol. The van der Waals surface area contributed by atoms with Gasteiger partial charge in [-0.3, -0.25) is 9.69 Å². The molecule has 2 aromatic carbocycles. The van der Waals surface area contributed by atoms with Crippen LogP contribution >= 0.6 is 23.1 Å². The van der Waals surface area contributed by atoms with Crippen LogP contribution in [-0.4, -0.2) is 16.8 Å². The van der Waals surface area contributed by atoms with E-state index in [9.17, 15) is 4.79 Å². The van der Waals surface area contributed by atoms with Crippen LogP contribution in [0.5, 0.6) is 0 Å². The molecule has 3 nitrogen and oxygen atoms in total. The lowest BCUT2D eigenvalue weighted by molar-refractivity contribution is 0.0988. The SMILES string of the molecule is CCN(C(=O)c1ccccc1)c1nsc2cccc(Cl)c12. The normalized spacial score (nSPS) is 10.8. The first kappa shape index (κ1) is 14.0. The maximum atomic E-state index is 12.7. The highest BCUT2D eigenvalue weighted by Crippen LogP contribution is 2.35. The Bertz CT molecular complexity index is 785. The number of rotatable bonds is 3. The molecule has 0 aliphatic carbocycles. The van der Waals surface area contributed by atoms with E-state index in [0.717, 1.165) is 10.1 Å². The number of hydrogen-bond donors (Lipinski definition) is 0. The molecule has 0 saturated heterocycles. The van der Waals surface area contributed by atoms with E-state index in [4.69, 9.17) is 11.6 Å². The number of anilines is 1. The van der Waals surface area contributed by atoms with Gasteiger partial charge in [0.2, 0.25) is 0 Å². The molecule has 0 radical (unpaired) electrons. The summed E-state index contributed by atoms with van der Waals surface area (Å²) in [4.78, 5) is 14.3. The number of hydrogen-bond acceptors (Lipinski definition) is 3. The summed E-state index contributed by atoms with van der Waals surface area (Å²) in [5.74, 6) is 0.571. The van der Waals surface area contributed by atoms with E-state index in [2.05, 4.69) is 4.37 Å². The molecule has 106 valence electrons. The second-order valence-electron chi connectivity index (χ2n) is 4.53. The fraction of sp³-hybridized carbons (Fsp3) is 0.125. The van der Waals surface area contributed by atoms with Gasteiger partial charge in [0.05, 0.1) is 15.1 Å². The van der Waals surface area contributed by atoms with Gasteiger partial charge >= 0.3 is 0 Å². The molecule has 3 aromatic rings. The highest BCUT2D eigenvalue weighted by Gasteiger charge is 2.21. The monoisotopic (exact) mass is 316 g/mol. The largest absolute Gasteiger partial charge is 0.292 e. The molecular formula is C16H13ClN2OS. The zero-order valence-electron chi connectivity index (χ0n) is 11.4. The quantitative estimate of drug-likeness (QED) is 0.706. The highest BCUT2D eigenvalue weighted by molar-refractivity contribution is 7.13. The minimum atomic E-state index is -0.0646. The van der Waals surface area contributed by atoms with Crippen LogP contribution in [0.25, 0.3) is 10.1 Å². The predicted octanol–water partition coefficient (Wildman–Crippen LogP) is 4.62. The van der Waals surface area contributed by atoms with Crippen LogP contribution in [0.15, 0.2) is 48.5 Å². The first-order chi connectivity index (χ1) is 10.2. The van der Waals surface area contributed by atoms with Crippen LogP contribution in [-0.2, 0) is 0 Å². The van der Waals surface area contributed by atoms with Gasteiger partial charge in [-0.2, -0.15) is 4.37 Å². The van der Waals surface area contributed by atoms with Crippen molar-refractivity contribution >= 4 is 44.9 Å². The third-order valence-electron chi connectivity index (χ3n) is 3.27. The van der Waals surface area contributed by atoms with E-state index >= 15 is 0 Å². The van der Waals surface area contributed by atoms with Crippen molar-refractivity contribution in [1.82, 2.24) is 4.37 Å². The van der Waals surface area contributed by atoms with Crippen molar-refractivity contribution in [3.63, 3.8) is 0 Å². The van der Waals surface area contributed by atoms with Gasteiger partial charge in [-0.1, -0.05) is 35.9 Å². The Hall–Kier alpha value is -1.91. The lowest BCUT2D eigenvalue weighted by Crippen LogP contribution is -2.31. The molecule has 0 atom stereocenters. The van der Waals surface area contributed by atoms with Gasteiger partial charge in [-0.05, 0) is 42.7 Å². The maximum absolute atomic E-state index is 12.7. The smallest absolute Gasteiger partial charge is 0.259 e. The van der Waals surface area contributed by atoms with Crippen LogP contribution < -0.4 is 4.90 Å². The summed E-state index contributed by atoms with van der Waals surface area (Å²) in [6.45, 7) is 2.47. The molecule has 3 rings (SSSR count). The summed E-state index contributed by atoms with van der Waals surface area (Å²) in [5, 5.41) is 1.46. The molecule has 0 spiro atoms. The van der Waals surface area contributed by atoms with Gasteiger partial charge in [-0.25, -0.2) is 0 Å². The van der Waals surface area contributed by atoms with E-state index < -0.39 is 0 Å². The van der Waals surface area contributed by atoms with Crippen molar-refractivity contribution in [2.45, 2.75) is 6.92 Å². The summed E-state index contributed by atoms with van der Waals surface area (Å²) < 4.78 is 5.42. The third kappa shape index (κ3) is 2.52. The maximum Gasteiger partial charge on any atom is 0.259 e. The fourth-order valence-electron chi connectivity index (χ4n) is 2.25. The molecule has 1 amide bonds. The Balaban J connectivity index is 2.09. The van der Waals surface area contributed by atoms with E-state index in [0.29, 0.717) is 22.9 Å². The molecule has 0 N–H and O–H groups in total. The van der Waals surface area contributed by atoms with Crippen molar-refractivity contribution in [2.24, 2.45) is 0 Å². The molecule has 5 heteroatoms. The number of aromatic nitrogens is 1. The number of carbonyl (C=O) groups excluding carboxylic acids is 1. The number of halogens is 1. The minimum absolute atomic E-state index is 0.0646. The van der Waals surface area contributed by atoms with E-state index in [1.807, 2.05) is 43.3 Å². The van der Waals surface area contributed by atoms with Crippen LogP contribution in [0, 0.1) is 0 Å². The van der Waals surface area contributed by atoms with E-state index in [-0.39, 0.29) is 5.91 Å². The summed E-state index contributed by atoms with van der Waals surface area (Å²) in [7, 11) is 0. The lowest BCUT2D eigenvalue weighted by Gasteiger charge is -2.19. The molecule has 0 fully saturated rings.